The number of benzene rings is 3. The highest BCUT2D eigenvalue weighted by molar-refractivity contribution is 6.10. The van der Waals surface area contributed by atoms with Crippen molar-refractivity contribution in [2.75, 3.05) is 0 Å². The zero-order valence-corrected chi connectivity index (χ0v) is 15.1. The minimum atomic E-state index is -0.884. The predicted octanol–water partition coefficient (Wildman–Crippen LogP) is 4.79. The van der Waals surface area contributed by atoms with Crippen molar-refractivity contribution in [2.45, 2.75) is 13.8 Å². The van der Waals surface area contributed by atoms with Crippen LogP contribution in [0.25, 0.3) is 33.4 Å². The summed E-state index contributed by atoms with van der Waals surface area (Å²) in [4.78, 5) is 35.2. The van der Waals surface area contributed by atoms with Crippen LogP contribution >= 0.6 is 0 Å². The molecular weight excluding hydrogens is 358 g/mol. The van der Waals surface area contributed by atoms with E-state index in [0.29, 0.717) is 44.5 Å². The Balaban J connectivity index is 2.27. The standard InChI is InChI=1S/C22H15NO5/c1-11-17(24)9-7-15-19(13-5-3-4-6-14(13)22(26)23-27)16-8-10-18(25)12(2)21(16)28-20(11)15/h3-10,24H,1-2H3. The average molecular weight is 373 g/mol. The van der Waals surface area contributed by atoms with Gasteiger partial charge in [0.25, 0.3) is 0 Å². The average Bonchev–Trinajstić information content (AvgIpc) is 2.72. The minimum absolute atomic E-state index is 0.0522. The normalized spacial score (nSPS) is 11.1. The fourth-order valence-corrected chi connectivity index (χ4v) is 3.49. The number of hydrogen-bond donors (Lipinski definition) is 1. The Bertz CT molecular complexity index is 1300. The third kappa shape index (κ3) is 2.50. The largest absolute Gasteiger partial charge is 0.508 e. The molecule has 2 aromatic rings. The molecule has 2 aliphatic rings. The van der Waals surface area contributed by atoms with Gasteiger partial charge in [-0.15, -0.1) is 4.91 Å². The maximum Gasteiger partial charge on any atom is 0.317 e. The molecule has 1 heterocycles. The number of rotatable bonds is 2. The van der Waals surface area contributed by atoms with Crippen LogP contribution in [0, 0.1) is 18.8 Å². The molecule has 4 rings (SSSR count). The Morgan fingerprint density at radius 1 is 0.964 bits per heavy atom. The number of phenolic OH excluding ortho intramolecular Hbond substituents is 1. The van der Waals surface area contributed by atoms with Gasteiger partial charge in [-0.3, -0.25) is 9.59 Å². The van der Waals surface area contributed by atoms with Crippen molar-refractivity contribution in [3.05, 3.63) is 80.4 Å². The Morgan fingerprint density at radius 2 is 1.71 bits per heavy atom. The van der Waals surface area contributed by atoms with Crippen LogP contribution in [0.2, 0.25) is 0 Å². The number of aryl methyl sites for hydroxylation is 1. The van der Waals surface area contributed by atoms with Crippen molar-refractivity contribution in [3.8, 4) is 28.2 Å². The third-order valence-corrected chi connectivity index (χ3v) is 4.99. The second-order valence-electron chi connectivity index (χ2n) is 6.57. The predicted molar refractivity (Wildman–Crippen MR) is 106 cm³/mol. The monoisotopic (exact) mass is 373 g/mol. The lowest BCUT2D eigenvalue weighted by molar-refractivity contribution is 0.100. The molecule has 2 aromatic carbocycles. The Hall–Kier alpha value is -3.80. The van der Waals surface area contributed by atoms with Crippen LogP contribution in [0.5, 0.6) is 5.75 Å². The van der Waals surface area contributed by atoms with Gasteiger partial charge in [-0.25, -0.2) is 0 Å². The van der Waals surface area contributed by atoms with E-state index in [0.717, 1.165) is 0 Å². The highest BCUT2D eigenvalue weighted by atomic mass is 16.3. The summed E-state index contributed by atoms with van der Waals surface area (Å²) in [7, 11) is 0. The number of fused-ring (bicyclic) bond motifs is 2. The molecule has 6 heteroatoms. The van der Waals surface area contributed by atoms with E-state index < -0.39 is 5.91 Å². The van der Waals surface area contributed by atoms with Gasteiger partial charge in [0.2, 0.25) is 0 Å². The van der Waals surface area contributed by atoms with Crippen molar-refractivity contribution >= 4 is 16.9 Å². The van der Waals surface area contributed by atoms with E-state index in [1.54, 1.807) is 50.2 Å². The van der Waals surface area contributed by atoms with Crippen molar-refractivity contribution in [3.63, 3.8) is 0 Å². The zero-order chi connectivity index (χ0) is 20.0. The second-order valence-corrected chi connectivity index (χ2v) is 6.57. The lowest BCUT2D eigenvalue weighted by Gasteiger charge is -2.19. The first kappa shape index (κ1) is 17.6. The molecule has 0 radical (unpaired) electrons. The number of nitrogens with zero attached hydrogens (tertiary/aromatic N) is 1. The van der Waals surface area contributed by atoms with Crippen LogP contribution in [0.3, 0.4) is 0 Å². The molecule has 0 unspecified atom stereocenters. The molecule has 0 atom stereocenters. The molecule has 0 bridgehead atoms. The summed E-state index contributed by atoms with van der Waals surface area (Å²) in [5.74, 6) is -0.466. The van der Waals surface area contributed by atoms with E-state index in [2.05, 4.69) is 5.18 Å². The molecule has 1 amide bonds. The lowest BCUT2D eigenvalue weighted by atomic mass is 9.89. The SMILES string of the molecule is Cc1c2oc3c(C)c(O)ccc3c(-c3ccccc3C(=O)N=O)c-2ccc1=O. The van der Waals surface area contributed by atoms with E-state index in [1.807, 2.05) is 0 Å². The van der Waals surface area contributed by atoms with Crippen LogP contribution in [-0.2, 0) is 0 Å². The molecule has 1 aliphatic carbocycles. The molecule has 138 valence electrons. The highest BCUT2D eigenvalue weighted by Crippen LogP contribution is 2.44. The van der Waals surface area contributed by atoms with E-state index in [4.69, 9.17) is 4.42 Å². The van der Waals surface area contributed by atoms with Gasteiger partial charge in [0.15, 0.2) is 5.43 Å². The summed E-state index contributed by atoms with van der Waals surface area (Å²) in [5.41, 5.74) is 3.06. The van der Waals surface area contributed by atoms with Crippen LogP contribution in [0.4, 0.5) is 0 Å². The first-order valence-electron chi connectivity index (χ1n) is 8.60. The second kappa shape index (κ2) is 6.42. The minimum Gasteiger partial charge on any atom is -0.508 e. The van der Waals surface area contributed by atoms with Gasteiger partial charge in [0.1, 0.15) is 17.1 Å². The van der Waals surface area contributed by atoms with Gasteiger partial charge in [0, 0.05) is 32.8 Å². The van der Waals surface area contributed by atoms with Crippen molar-refractivity contribution < 1.29 is 14.3 Å². The van der Waals surface area contributed by atoms with E-state index >= 15 is 0 Å². The number of amides is 1. The fraction of sp³-hybridized carbons (Fsp3) is 0.0909. The molecule has 6 nitrogen and oxygen atoms in total. The van der Waals surface area contributed by atoms with Crippen LogP contribution in [0.15, 0.2) is 62.9 Å². The summed E-state index contributed by atoms with van der Waals surface area (Å²) in [5, 5.41) is 13.3. The van der Waals surface area contributed by atoms with Crippen LogP contribution in [-0.4, -0.2) is 11.0 Å². The summed E-state index contributed by atoms with van der Waals surface area (Å²) >= 11 is 0. The van der Waals surface area contributed by atoms with Crippen LogP contribution in [0.1, 0.15) is 21.5 Å². The van der Waals surface area contributed by atoms with Gasteiger partial charge in [-0.1, -0.05) is 18.2 Å². The maximum absolute atomic E-state index is 12.2. The first-order chi connectivity index (χ1) is 13.4. The smallest absolute Gasteiger partial charge is 0.317 e. The third-order valence-electron chi connectivity index (χ3n) is 4.99. The number of hydrogen-bond acceptors (Lipinski definition) is 5. The lowest BCUT2D eigenvalue weighted by Crippen LogP contribution is -2.07. The number of carbonyl (C=O) groups excluding carboxylic acids is 1. The zero-order valence-electron chi connectivity index (χ0n) is 15.1. The molecule has 0 fully saturated rings. The van der Waals surface area contributed by atoms with Gasteiger partial charge < -0.3 is 9.52 Å². The molecule has 0 saturated heterocycles. The topological polar surface area (TPSA) is 96.9 Å². The van der Waals surface area contributed by atoms with E-state index in [-0.39, 0.29) is 16.7 Å². The highest BCUT2D eigenvalue weighted by Gasteiger charge is 2.24. The molecule has 1 N–H and O–H groups in total. The summed E-state index contributed by atoms with van der Waals surface area (Å²) < 4.78 is 6.03. The van der Waals surface area contributed by atoms with Crippen LogP contribution < -0.4 is 5.43 Å². The Morgan fingerprint density at radius 3 is 2.46 bits per heavy atom. The molecule has 0 spiro atoms. The van der Waals surface area contributed by atoms with Gasteiger partial charge in [0.05, 0.1) is 5.56 Å². The summed E-state index contributed by atoms with van der Waals surface area (Å²) in [6.07, 6.45) is 0. The molecule has 0 saturated carbocycles. The number of nitroso groups, excluding NO2 is 1. The van der Waals surface area contributed by atoms with E-state index in [1.165, 1.54) is 12.1 Å². The number of aromatic hydroxyl groups is 1. The van der Waals surface area contributed by atoms with Gasteiger partial charge in [-0.2, -0.15) is 0 Å². The molecule has 0 aromatic heterocycles. The molecule has 1 aliphatic heterocycles. The number of carbonyl (C=O) groups is 1. The Kier molecular flexibility index (Phi) is 4.04. The van der Waals surface area contributed by atoms with Gasteiger partial charge in [-0.05, 0) is 49.7 Å². The Labute approximate surface area is 159 Å². The quantitative estimate of drug-likeness (QED) is 0.402. The van der Waals surface area contributed by atoms with E-state index in [9.17, 15) is 19.6 Å². The number of phenols is 1. The van der Waals surface area contributed by atoms with Gasteiger partial charge >= 0.3 is 5.91 Å². The fourth-order valence-electron chi connectivity index (χ4n) is 3.49. The summed E-state index contributed by atoms with van der Waals surface area (Å²) in [6.45, 7) is 3.36. The molecular formula is C22H15NO5. The van der Waals surface area contributed by atoms with Crippen molar-refractivity contribution in [1.29, 1.82) is 0 Å². The first-order valence-corrected chi connectivity index (χ1v) is 8.60. The van der Waals surface area contributed by atoms with Crippen molar-refractivity contribution in [1.82, 2.24) is 0 Å². The molecule has 28 heavy (non-hydrogen) atoms. The maximum atomic E-state index is 12.2. The summed E-state index contributed by atoms with van der Waals surface area (Å²) in [6, 6.07) is 13.0. The van der Waals surface area contributed by atoms with Crippen molar-refractivity contribution in [2.24, 2.45) is 5.18 Å².